The van der Waals surface area contributed by atoms with Gasteiger partial charge in [-0.3, -0.25) is 10.1 Å². The standard InChI is InChI=1S/C14H14N2O3/c17-16(18)13-6-2-1-4-12(13)15-11-5-3-7-14-10(11)8-9-19-14/h1-2,4,6,8-9,11,15H,3,5,7H2. The summed E-state index contributed by atoms with van der Waals surface area (Å²) in [6.45, 7) is 0. The fourth-order valence-electron chi connectivity index (χ4n) is 2.58. The minimum atomic E-state index is -0.360. The van der Waals surface area contributed by atoms with Crippen molar-refractivity contribution in [1.29, 1.82) is 0 Å². The molecule has 0 saturated carbocycles. The zero-order chi connectivity index (χ0) is 13.2. The summed E-state index contributed by atoms with van der Waals surface area (Å²) in [4.78, 5) is 10.6. The minimum Gasteiger partial charge on any atom is -0.469 e. The molecule has 1 aliphatic carbocycles. The van der Waals surface area contributed by atoms with Crippen LogP contribution in [0.15, 0.2) is 41.0 Å². The van der Waals surface area contributed by atoms with Gasteiger partial charge in [-0.1, -0.05) is 12.1 Å². The van der Waals surface area contributed by atoms with Gasteiger partial charge in [0.1, 0.15) is 11.4 Å². The van der Waals surface area contributed by atoms with Gasteiger partial charge in [0, 0.05) is 18.1 Å². The van der Waals surface area contributed by atoms with E-state index in [9.17, 15) is 10.1 Å². The summed E-state index contributed by atoms with van der Waals surface area (Å²) in [5.74, 6) is 0.988. The summed E-state index contributed by atoms with van der Waals surface area (Å²) in [5, 5.41) is 14.3. The lowest BCUT2D eigenvalue weighted by atomic mass is 9.93. The van der Waals surface area contributed by atoms with Gasteiger partial charge < -0.3 is 9.73 Å². The number of hydrogen-bond donors (Lipinski definition) is 1. The Balaban J connectivity index is 1.90. The van der Waals surface area contributed by atoms with Crippen molar-refractivity contribution in [2.24, 2.45) is 0 Å². The van der Waals surface area contributed by atoms with Crippen LogP contribution in [0.2, 0.25) is 0 Å². The van der Waals surface area contributed by atoms with Gasteiger partial charge in [-0.05, 0) is 25.0 Å². The zero-order valence-corrected chi connectivity index (χ0v) is 10.3. The number of anilines is 1. The minimum absolute atomic E-state index is 0.0867. The van der Waals surface area contributed by atoms with Crippen molar-refractivity contribution >= 4 is 11.4 Å². The number of nitrogens with zero attached hydrogens (tertiary/aromatic N) is 1. The number of furan rings is 1. The van der Waals surface area contributed by atoms with Crippen LogP contribution < -0.4 is 5.32 Å². The van der Waals surface area contributed by atoms with Crippen molar-refractivity contribution in [3.63, 3.8) is 0 Å². The third-order valence-electron chi connectivity index (χ3n) is 3.48. The van der Waals surface area contributed by atoms with Crippen molar-refractivity contribution in [3.05, 3.63) is 58.0 Å². The van der Waals surface area contributed by atoms with Crippen molar-refractivity contribution in [2.45, 2.75) is 25.3 Å². The molecule has 0 aliphatic heterocycles. The fourth-order valence-corrected chi connectivity index (χ4v) is 2.58. The molecule has 0 spiro atoms. The first-order chi connectivity index (χ1) is 9.25. The highest BCUT2D eigenvalue weighted by Crippen LogP contribution is 2.35. The molecule has 1 aromatic carbocycles. The Morgan fingerprint density at radius 2 is 2.16 bits per heavy atom. The third-order valence-corrected chi connectivity index (χ3v) is 3.48. The lowest BCUT2D eigenvalue weighted by Crippen LogP contribution is -2.16. The number of nitro benzene ring substituents is 1. The molecule has 1 atom stereocenters. The van der Waals surface area contributed by atoms with E-state index in [1.54, 1.807) is 24.5 Å². The molecule has 3 rings (SSSR count). The number of hydrogen-bond acceptors (Lipinski definition) is 4. The highest BCUT2D eigenvalue weighted by molar-refractivity contribution is 5.62. The maximum atomic E-state index is 11.0. The van der Waals surface area contributed by atoms with E-state index in [2.05, 4.69) is 5.32 Å². The van der Waals surface area contributed by atoms with Crippen LogP contribution in [0.25, 0.3) is 0 Å². The van der Waals surface area contributed by atoms with Crippen molar-refractivity contribution in [2.75, 3.05) is 5.32 Å². The SMILES string of the molecule is O=[N+]([O-])c1ccccc1NC1CCCc2occc21. The number of benzene rings is 1. The molecule has 5 heteroatoms. The second kappa shape index (κ2) is 4.76. The Hall–Kier alpha value is -2.30. The van der Waals surface area contributed by atoms with E-state index in [4.69, 9.17) is 4.42 Å². The van der Waals surface area contributed by atoms with E-state index in [-0.39, 0.29) is 16.7 Å². The first-order valence-electron chi connectivity index (χ1n) is 6.32. The number of aryl methyl sites for hydroxylation is 1. The molecule has 98 valence electrons. The van der Waals surface area contributed by atoms with Crippen molar-refractivity contribution in [1.82, 2.24) is 0 Å². The topological polar surface area (TPSA) is 68.3 Å². The maximum Gasteiger partial charge on any atom is 0.292 e. The van der Waals surface area contributed by atoms with Gasteiger partial charge in [0.15, 0.2) is 0 Å². The van der Waals surface area contributed by atoms with Crippen LogP contribution in [0, 0.1) is 10.1 Å². The number of nitrogens with one attached hydrogen (secondary N) is 1. The molecule has 0 radical (unpaired) electrons. The maximum absolute atomic E-state index is 11.0. The Morgan fingerprint density at radius 1 is 1.32 bits per heavy atom. The van der Waals surface area contributed by atoms with Crippen LogP contribution in [0.5, 0.6) is 0 Å². The predicted octanol–water partition coefficient (Wildman–Crippen LogP) is 3.68. The highest BCUT2D eigenvalue weighted by atomic mass is 16.6. The predicted molar refractivity (Wildman–Crippen MR) is 71.1 cm³/mol. The van der Waals surface area contributed by atoms with Crippen LogP contribution in [-0.4, -0.2) is 4.92 Å². The van der Waals surface area contributed by atoms with E-state index in [0.717, 1.165) is 30.6 Å². The van der Waals surface area contributed by atoms with E-state index in [0.29, 0.717) is 5.69 Å². The van der Waals surface area contributed by atoms with Gasteiger partial charge in [0.05, 0.1) is 17.2 Å². The quantitative estimate of drug-likeness (QED) is 0.673. The lowest BCUT2D eigenvalue weighted by molar-refractivity contribution is -0.384. The average molecular weight is 258 g/mol. The largest absolute Gasteiger partial charge is 0.469 e. The Labute approximate surface area is 110 Å². The lowest BCUT2D eigenvalue weighted by Gasteiger charge is -2.23. The van der Waals surface area contributed by atoms with Crippen LogP contribution in [0.3, 0.4) is 0 Å². The third kappa shape index (κ3) is 2.19. The molecule has 5 nitrogen and oxygen atoms in total. The summed E-state index contributed by atoms with van der Waals surface area (Å²) in [7, 11) is 0. The number of fused-ring (bicyclic) bond motifs is 1. The van der Waals surface area contributed by atoms with Crippen molar-refractivity contribution < 1.29 is 9.34 Å². The number of nitro groups is 1. The molecule has 1 unspecified atom stereocenters. The Morgan fingerprint density at radius 3 is 3.00 bits per heavy atom. The second-order valence-electron chi connectivity index (χ2n) is 4.66. The summed E-state index contributed by atoms with van der Waals surface area (Å²) in [6.07, 6.45) is 4.61. The molecular weight excluding hydrogens is 244 g/mol. The van der Waals surface area contributed by atoms with E-state index < -0.39 is 0 Å². The van der Waals surface area contributed by atoms with Crippen molar-refractivity contribution in [3.8, 4) is 0 Å². The molecule has 0 fully saturated rings. The first-order valence-corrected chi connectivity index (χ1v) is 6.32. The molecule has 1 N–H and O–H groups in total. The van der Waals surface area contributed by atoms with E-state index in [1.165, 1.54) is 6.07 Å². The molecular formula is C14H14N2O3. The summed E-state index contributed by atoms with van der Waals surface area (Å²) >= 11 is 0. The smallest absolute Gasteiger partial charge is 0.292 e. The van der Waals surface area contributed by atoms with Crippen LogP contribution in [-0.2, 0) is 6.42 Å². The van der Waals surface area contributed by atoms with E-state index >= 15 is 0 Å². The summed E-state index contributed by atoms with van der Waals surface area (Å²) in [6, 6.07) is 8.76. The normalized spacial score (nSPS) is 17.8. The highest BCUT2D eigenvalue weighted by Gasteiger charge is 2.24. The molecule has 1 aromatic heterocycles. The number of para-hydroxylation sites is 2. The van der Waals surface area contributed by atoms with Crippen LogP contribution >= 0.6 is 0 Å². The molecule has 2 aromatic rings. The molecule has 0 bridgehead atoms. The Bertz CT molecular complexity index is 606. The number of rotatable bonds is 3. The van der Waals surface area contributed by atoms with E-state index in [1.807, 2.05) is 6.07 Å². The fraction of sp³-hybridized carbons (Fsp3) is 0.286. The van der Waals surface area contributed by atoms with Crippen LogP contribution in [0.4, 0.5) is 11.4 Å². The molecule has 1 heterocycles. The van der Waals surface area contributed by atoms with Gasteiger partial charge in [-0.15, -0.1) is 0 Å². The molecule has 0 amide bonds. The summed E-state index contributed by atoms with van der Waals surface area (Å²) < 4.78 is 5.43. The van der Waals surface area contributed by atoms with Gasteiger partial charge in [0.25, 0.3) is 5.69 Å². The van der Waals surface area contributed by atoms with Gasteiger partial charge >= 0.3 is 0 Å². The summed E-state index contributed by atoms with van der Waals surface area (Å²) in [5.41, 5.74) is 1.79. The monoisotopic (exact) mass is 258 g/mol. The average Bonchev–Trinajstić information content (AvgIpc) is 2.88. The second-order valence-corrected chi connectivity index (χ2v) is 4.66. The van der Waals surface area contributed by atoms with Gasteiger partial charge in [-0.2, -0.15) is 0 Å². The Kier molecular flexibility index (Phi) is 2.95. The van der Waals surface area contributed by atoms with Gasteiger partial charge in [0.2, 0.25) is 0 Å². The van der Waals surface area contributed by atoms with Gasteiger partial charge in [-0.25, -0.2) is 0 Å². The first kappa shape index (κ1) is 11.8. The van der Waals surface area contributed by atoms with Crippen LogP contribution in [0.1, 0.15) is 30.2 Å². The zero-order valence-electron chi connectivity index (χ0n) is 10.3. The molecule has 1 aliphatic rings. The molecule has 0 saturated heterocycles. The molecule has 19 heavy (non-hydrogen) atoms.